The molecule has 0 fully saturated rings. The van der Waals surface area contributed by atoms with Gasteiger partial charge in [0.05, 0.1) is 17.6 Å². The van der Waals surface area contributed by atoms with Gasteiger partial charge in [-0.15, -0.1) is 5.10 Å². The zero-order valence-electron chi connectivity index (χ0n) is 14.2. The van der Waals surface area contributed by atoms with Crippen LogP contribution in [0.5, 0.6) is 0 Å². The SMILES string of the molecule is O=C(O)Cn1nc2n(Cc3ccc(F)cc3F)c3ccccc3n2c(=O)c1=O. The molecular formula is C18H12F2N4O4. The average molecular weight is 386 g/mol. The van der Waals surface area contributed by atoms with E-state index in [9.17, 15) is 23.2 Å². The topological polar surface area (TPSA) is 98.6 Å². The molecule has 28 heavy (non-hydrogen) atoms. The van der Waals surface area contributed by atoms with Crippen LogP contribution in [0.3, 0.4) is 0 Å². The molecule has 2 heterocycles. The zero-order valence-corrected chi connectivity index (χ0v) is 14.2. The molecule has 0 atom stereocenters. The van der Waals surface area contributed by atoms with Crippen molar-refractivity contribution >= 4 is 22.8 Å². The van der Waals surface area contributed by atoms with Gasteiger partial charge in [-0.2, -0.15) is 0 Å². The molecule has 0 spiro atoms. The van der Waals surface area contributed by atoms with Crippen molar-refractivity contribution in [1.82, 2.24) is 18.7 Å². The number of aliphatic carboxylic acids is 1. The molecule has 0 amide bonds. The summed E-state index contributed by atoms with van der Waals surface area (Å²) >= 11 is 0. The zero-order chi connectivity index (χ0) is 20.0. The second-order valence-corrected chi connectivity index (χ2v) is 6.11. The molecule has 4 aromatic rings. The van der Waals surface area contributed by atoms with Gasteiger partial charge in [-0.05, 0) is 18.2 Å². The summed E-state index contributed by atoms with van der Waals surface area (Å²) in [7, 11) is 0. The molecule has 0 bridgehead atoms. The Hall–Kier alpha value is -3.82. The summed E-state index contributed by atoms with van der Waals surface area (Å²) in [6, 6.07) is 9.69. The first kappa shape index (κ1) is 17.6. The molecule has 142 valence electrons. The lowest BCUT2D eigenvalue weighted by Crippen LogP contribution is -2.41. The Morgan fingerprint density at radius 2 is 1.75 bits per heavy atom. The van der Waals surface area contributed by atoms with Gasteiger partial charge < -0.3 is 9.67 Å². The van der Waals surface area contributed by atoms with Gasteiger partial charge in [0.2, 0.25) is 5.78 Å². The third-order valence-corrected chi connectivity index (χ3v) is 4.31. The van der Waals surface area contributed by atoms with Crippen LogP contribution < -0.4 is 11.1 Å². The van der Waals surface area contributed by atoms with Crippen molar-refractivity contribution < 1.29 is 18.7 Å². The minimum Gasteiger partial charge on any atom is -0.480 e. The molecule has 10 heteroatoms. The van der Waals surface area contributed by atoms with Gasteiger partial charge in [0.25, 0.3) is 0 Å². The summed E-state index contributed by atoms with van der Waals surface area (Å²) in [6.07, 6.45) is 0. The lowest BCUT2D eigenvalue weighted by Gasteiger charge is -2.08. The van der Waals surface area contributed by atoms with Gasteiger partial charge in [-0.1, -0.05) is 18.2 Å². The molecule has 0 radical (unpaired) electrons. The van der Waals surface area contributed by atoms with Crippen LogP contribution in [0.4, 0.5) is 8.78 Å². The van der Waals surface area contributed by atoms with Crippen molar-refractivity contribution in [2.24, 2.45) is 0 Å². The number of imidazole rings is 1. The normalized spacial score (nSPS) is 11.4. The fraction of sp³-hybridized carbons (Fsp3) is 0.111. The van der Waals surface area contributed by atoms with E-state index in [1.807, 2.05) is 0 Å². The van der Waals surface area contributed by atoms with Crippen molar-refractivity contribution in [2.45, 2.75) is 13.1 Å². The number of halogens is 2. The van der Waals surface area contributed by atoms with Crippen LogP contribution in [-0.2, 0) is 17.9 Å². The fourth-order valence-corrected chi connectivity index (χ4v) is 3.09. The number of benzene rings is 2. The van der Waals surface area contributed by atoms with Crippen molar-refractivity contribution in [3.63, 3.8) is 0 Å². The summed E-state index contributed by atoms with van der Waals surface area (Å²) < 4.78 is 30.4. The van der Waals surface area contributed by atoms with Crippen LogP contribution in [-0.4, -0.2) is 29.8 Å². The number of nitrogens with zero attached hydrogens (tertiary/aromatic N) is 4. The minimum absolute atomic E-state index is 0.0317. The maximum atomic E-state index is 14.2. The van der Waals surface area contributed by atoms with Crippen molar-refractivity contribution in [1.29, 1.82) is 0 Å². The standard InChI is InChI=1S/C18H12F2N4O4/c19-11-6-5-10(12(20)7-11)8-22-13-3-1-2-4-14(13)24-17(28)16(27)23(9-15(25)26)21-18(22)24/h1-7H,8-9H2,(H,25,26). The molecule has 0 aliphatic rings. The van der Waals surface area contributed by atoms with E-state index in [2.05, 4.69) is 5.10 Å². The lowest BCUT2D eigenvalue weighted by molar-refractivity contribution is -0.138. The molecule has 0 aliphatic carbocycles. The maximum absolute atomic E-state index is 14.2. The molecule has 4 rings (SSSR count). The average Bonchev–Trinajstić information content (AvgIpc) is 2.95. The van der Waals surface area contributed by atoms with Crippen LogP contribution in [0.2, 0.25) is 0 Å². The first-order chi connectivity index (χ1) is 13.4. The van der Waals surface area contributed by atoms with Crippen LogP contribution >= 0.6 is 0 Å². The summed E-state index contributed by atoms with van der Waals surface area (Å²) in [5.74, 6) is -2.88. The molecular weight excluding hydrogens is 374 g/mol. The van der Waals surface area contributed by atoms with Gasteiger partial charge in [-0.25, -0.2) is 17.9 Å². The Bertz CT molecular complexity index is 1370. The van der Waals surface area contributed by atoms with Crippen molar-refractivity contribution in [3.8, 4) is 0 Å². The Morgan fingerprint density at radius 1 is 1.04 bits per heavy atom. The largest absolute Gasteiger partial charge is 0.480 e. The lowest BCUT2D eigenvalue weighted by atomic mass is 10.2. The van der Waals surface area contributed by atoms with Crippen LogP contribution in [0, 0.1) is 11.6 Å². The van der Waals surface area contributed by atoms with E-state index in [1.165, 1.54) is 10.6 Å². The molecule has 0 saturated heterocycles. The monoisotopic (exact) mass is 386 g/mol. The van der Waals surface area contributed by atoms with Gasteiger partial charge in [0.1, 0.15) is 18.2 Å². The molecule has 0 unspecified atom stereocenters. The molecule has 8 nitrogen and oxygen atoms in total. The van der Waals surface area contributed by atoms with Crippen LogP contribution in [0.25, 0.3) is 16.8 Å². The summed E-state index contributed by atoms with van der Waals surface area (Å²) in [5.41, 5.74) is -1.09. The van der Waals surface area contributed by atoms with Crippen molar-refractivity contribution in [2.75, 3.05) is 0 Å². The maximum Gasteiger partial charge on any atom is 0.333 e. The highest BCUT2D eigenvalue weighted by atomic mass is 19.1. The highest BCUT2D eigenvalue weighted by Crippen LogP contribution is 2.20. The van der Waals surface area contributed by atoms with Crippen molar-refractivity contribution in [3.05, 3.63) is 80.4 Å². The summed E-state index contributed by atoms with van der Waals surface area (Å²) in [6.45, 7) is -0.905. The third-order valence-electron chi connectivity index (χ3n) is 4.31. The first-order valence-corrected chi connectivity index (χ1v) is 8.13. The number of hydrogen-bond donors (Lipinski definition) is 1. The van der Waals surface area contributed by atoms with E-state index in [4.69, 9.17) is 5.11 Å². The first-order valence-electron chi connectivity index (χ1n) is 8.13. The molecule has 1 N–H and O–H groups in total. The van der Waals surface area contributed by atoms with Crippen LogP contribution in [0.1, 0.15) is 5.56 Å². The van der Waals surface area contributed by atoms with Crippen LogP contribution in [0.15, 0.2) is 52.1 Å². The molecule has 0 aliphatic heterocycles. The van der Waals surface area contributed by atoms with Gasteiger partial charge in [-0.3, -0.25) is 14.4 Å². The number of aromatic nitrogens is 4. The Labute approximate surface area is 154 Å². The Balaban J connectivity index is 2.05. The Morgan fingerprint density at radius 3 is 2.43 bits per heavy atom. The predicted molar refractivity (Wildman–Crippen MR) is 94.3 cm³/mol. The Kier molecular flexibility index (Phi) is 4.03. The molecule has 2 aromatic heterocycles. The summed E-state index contributed by atoms with van der Waals surface area (Å²) in [4.78, 5) is 35.8. The number of rotatable bonds is 4. The number of carbonyl (C=O) groups is 1. The van der Waals surface area contributed by atoms with Gasteiger partial charge in [0.15, 0.2) is 0 Å². The van der Waals surface area contributed by atoms with E-state index >= 15 is 0 Å². The number of hydrogen-bond acceptors (Lipinski definition) is 4. The fourth-order valence-electron chi connectivity index (χ4n) is 3.09. The van der Waals surface area contributed by atoms with E-state index in [0.717, 1.165) is 16.5 Å². The highest BCUT2D eigenvalue weighted by molar-refractivity contribution is 5.80. The predicted octanol–water partition coefficient (Wildman–Crippen LogP) is 1.22. The number of para-hydroxylation sites is 2. The van der Waals surface area contributed by atoms with Gasteiger partial charge >= 0.3 is 17.1 Å². The quantitative estimate of drug-likeness (QED) is 0.532. The number of carboxylic acid groups (broad SMARTS) is 1. The molecule has 2 aromatic carbocycles. The third kappa shape index (κ3) is 2.75. The van der Waals surface area contributed by atoms with E-state index in [1.54, 1.807) is 24.3 Å². The second kappa shape index (κ2) is 6.41. The van der Waals surface area contributed by atoms with E-state index < -0.39 is 35.3 Å². The number of fused-ring (bicyclic) bond motifs is 3. The summed E-state index contributed by atoms with van der Waals surface area (Å²) in [5, 5.41) is 13.0. The minimum atomic E-state index is -1.34. The highest BCUT2D eigenvalue weighted by Gasteiger charge is 2.19. The van der Waals surface area contributed by atoms with Gasteiger partial charge in [0, 0.05) is 11.6 Å². The van der Waals surface area contributed by atoms with E-state index in [-0.39, 0.29) is 17.9 Å². The smallest absolute Gasteiger partial charge is 0.333 e. The second-order valence-electron chi connectivity index (χ2n) is 6.11. The number of carboxylic acids is 1. The molecule has 0 saturated carbocycles. The van der Waals surface area contributed by atoms with E-state index in [0.29, 0.717) is 15.7 Å².